The molecule has 0 spiro atoms. The van der Waals surface area contributed by atoms with Crippen molar-refractivity contribution in [3.63, 3.8) is 0 Å². The molecule has 0 saturated heterocycles. The van der Waals surface area contributed by atoms with Crippen molar-refractivity contribution >= 4 is 11.9 Å². The number of nitrogens with one attached hydrogen (secondary N) is 1. The Morgan fingerprint density at radius 1 is 1.00 bits per heavy atom. The zero-order valence-corrected chi connectivity index (χ0v) is 12.5. The van der Waals surface area contributed by atoms with E-state index in [1.807, 2.05) is 36.4 Å². The largest absolute Gasteiger partial charge is 0.469 e. The van der Waals surface area contributed by atoms with Crippen molar-refractivity contribution in [3.05, 3.63) is 71.8 Å². The minimum atomic E-state index is -0.403. The number of benzene rings is 2. The van der Waals surface area contributed by atoms with Gasteiger partial charge in [-0.15, -0.1) is 0 Å². The predicted molar refractivity (Wildman–Crippen MR) is 84.4 cm³/mol. The van der Waals surface area contributed by atoms with Crippen molar-refractivity contribution in [2.45, 2.75) is 6.42 Å². The van der Waals surface area contributed by atoms with Crippen LogP contribution in [0.2, 0.25) is 0 Å². The molecule has 0 bridgehead atoms. The quantitative estimate of drug-likeness (QED) is 0.833. The maximum Gasteiger partial charge on any atom is 0.310 e. The molecule has 0 unspecified atom stereocenters. The molecule has 2 aromatic rings. The molecule has 0 fully saturated rings. The van der Waals surface area contributed by atoms with E-state index < -0.39 is 5.92 Å². The van der Waals surface area contributed by atoms with Gasteiger partial charge in [0.05, 0.1) is 13.0 Å². The number of methoxy groups -OCH3 is 1. The molecule has 0 aromatic heterocycles. The highest BCUT2D eigenvalue weighted by molar-refractivity contribution is 5.94. The predicted octanol–water partition coefficient (Wildman–Crippen LogP) is 2.45. The van der Waals surface area contributed by atoms with Gasteiger partial charge in [0, 0.05) is 12.1 Å². The summed E-state index contributed by atoms with van der Waals surface area (Å²) in [5.74, 6) is -0.917. The molecular formula is C18H19NO3. The second kappa shape index (κ2) is 7.98. The molecule has 114 valence electrons. The van der Waals surface area contributed by atoms with Crippen molar-refractivity contribution in [2.75, 3.05) is 13.7 Å². The number of carbonyl (C=O) groups excluding carboxylic acids is 2. The van der Waals surface area contributed by atoms with E-state index in [1.54, 1.807) is 24.3 Å². The fraction of sp³-hybridized carbons (Fsp3) is 0.222. The molecule has 22 heavy (non-hydrogen) atoms. The molecular weight excluding hydrogens is 278 g/mol. The zero-order chi connectivity index (χ0) is 15.8. The van der Waals surface area contributed by atoms with Gasteiger partial charge in [-0.1, -0.05) is 48.5 Å². The Kier molecular flexibility index (Phi) is 5.72. The van der Waals surface area contributed by atoms with E-state index in [0.717, 1.165) is 5.56 Å². The van der Waals surface area contributed by atoms with Gasteiger partial charge in [-0.25, -0.2) is 0 Å². The monoisotopic (exact) mass is 297 g/mol. The van der Waals surface area contributed by atoms with E-state index in [2.05, 4.69) is 5.32 Å². The summed E-state index contributed by atoms with van der Waals surface area (Å²) in [6.07, 6.45) is 0.530. The van der Waals surface area contributed by atoms with Gasteiger partial charge in [0.15, 0.2) is 0 Å². The molecule has 0 aliphatic carbocycles. The highest BCUT2D eigenvalue weighted by Crippen LogP contribution is 2.10. The lowest BCUT2D eigenvalue weighted by Crippen LogP contribution is -2.34. The lowest BCUT2D eigenvalue weighted by atomic mass is 9.99. The van der Waals surface area contributed by atoms with Crippen LogP contribution in [0.25, 0.3) is 0 Å². The zero-order valence-electron chi connectivity index (χ0n) is 12.5. The number of ether oxygens (including phenoxy) is 1. The number of hydrogen-bond donors (Lipinski definition) is 1. The first-order valence-corrected chi connectivity index (χ1v) is 7.15. The molecule has 2 aromatic carbocycles. The second-order valence-electron chi connectivity index (χ2n) is 4.99. The number of rotatable bonds is 6. The summed E-state index contributed by atoms with van der Waals surface area (Å²) in [5.41, 5.74) is 1.61. The van der Waals surface area contributed by atoms with Gasteiger partial charge in [-0.3, -0.25) is 9.59 Å². The van der Waals surface area contributed by atoms with Crippen molar-refractivity contribution in [1.82, 2.24) is 5.32 Å². The smallest absolute Gasteiger partial charge is 0.310 e. The Labute approximate surface area is 130 Å². The third-order valence-electron chi connectivity index (χ3n) is 3.40. The fourth-order valence-corrected chi connectivity index (χ4v) is 2.21. The normalized spacial score (nSPS) is 11.5. The standard InChI is InChI=1S/C18H19NO3/c1-22-18(21)16(12-14-8-4-2-5-9-14)13-19-17(20)15-10-6-3-7-11-15/h2-11,16H,12-13H2,1H3,(H,19,20)/t16-/m0/s1. The Morgan fingerprint density at radius 2 is 1.59 bits per heavy atom. The van der Waals surface area contributed by atoms with E-state index in [4.69, 9.17) is 4.74 Å². The first kappa shape index (κ1) is 15.8. The molecule has 1 atom stereocenters. The molecule has 0 radical (unpaired) electrons. The van der Waals surface area contributed by atoms with Gasteiger partial charge in [0.25, 0.3) is 5.91 Å². The maximum absolute atomic E-state index is 12.0. The molecule has 1 amide bonds. The molecule has 0 aliphatic rings. The van der Waals surface area contributed by atoms with E-state index >= 15 is 0 Å². The van der Waals surface area contributed by atoms with Crippen LogP contribution in [0.3, 0.4) is 0 Å². The average molecular weight is 297 g/mol. The van der Waals surface area contributed by atoms with Crippen LogP contribution >= 0.6 is 0 Å². The van der Waals surface area contributed by atoms with Gasteiger partial charge >= 0.3 is 5.97 Å². The van der Waals surface area contributed by atoms with Crippen molar-refractivity contribution in [2.24, 2.45) is 5.92 Å². The van der Waals surface area contributed by atoms with Crippen LogP contribution in [-0.2, 0) is 16.0 Å². The first-order chi connectivity index (χ1) is 10.7. The minimum Gasteiger partial charge on any atom is -0.469 e. The molecule has 1 N–H and O–H groups in total. The van der Waals surface area contributed by atoms with Crippen molar-refractivity contribution in [3.8, 4) is 0 Å². The average Bonchev–Trinajstić information content (AvgIpc) is 2.59. The second-order valence-corrected chi connectivity index (χ2v) is 4.99. The summed E-state index contributed by atoms with van der Waals surface area (Å²) in [6, 6.07) is 18.6. The molecule has 0 saturated carbocycles. The lowest BCUT2D eigenvalue weighted by molar-refractivity contribution is -0.145. The SMILES string of the molecule is COC(=O)[C@H](CNC(=O)c1ccccc1)Cc1ccccc1. The Balaban J connectivity index is 1.98. The van der Waals surface area contributed by atoms with Gasteiger partial charge in [0.2, 0.25) is 0 Å². The van der Waals surface area contributed by atoms with Crippen LogP contribution in [0, 0.1) is 5.92 Å². The Bertz CT molecular complexity index is 611. The summed E-state index contributed by atoms with van der Waals surface area (Å²) in [7, 11) is 1.36. The van der Waals surface area contributed by atoms with Crippen molar-refractivity contribution in [1.29, 1.82) is 0 Å². The van der Waals surface area contributed by atoms with Gasteiger partial charge in [-0.05, 0) is 24.1 Å². The summed E-state index contributed by atoms with van der Waals surface area (Å²) < 4.78 is 4.83. The van der Waals surface area contributed by atoms with E-state index in [9.17, 15) is 9.59 Å². The van der Waals surface area contributed by atoms with Crippen molar-refractivity contribution < 1.29 is 14.3 Å². The highest BCUT2D eigenvalue weighted by Gasteiger charge is 2.20. The number of hydrogen-bond acceptors (Lipinski definition) is 3. The van der Waals surface area contributed by atoms with Crippen LogP contribution < -0.4 is 5.32 Å². The van der Waals surface area contributed by atoms with E-state index in [-0.39, 0.29) is 18.4 Å². The third-order valence-corrected chi connectivity index (χ3v) is 3.40. The van der Waals surface area contributed by atoms with Gasteiger partial charge in [-0.2, -0.15) is 0 Å². The van der Waals surface area contributed by atoms with Crippen LogP contribution in [0.4, 0.5) is 0 Å². The Morgan fingerprint density at radius 3 is 2.18 bits per heavy atom. The van der Waals surface area contributed by atoms with Crippen LogP contribution in [0.15, 0.2) is 60.7 Å². The third kappa shape index (κ3) is 4.45. The highest BCUT2D eigenvalue weighted by atomic mass is 16.5. The van der Waals surface area contributed by atoms with Crippen LogP contribution in [0.5, 0.6) is 0 Å². The number of esters is 1. The summed E-state index contributed by atoms with van der Waals surface area (Å²) in [6.45, 7) is 0.245. The summed E-state index contributed by atoms with van der Waals surface area (Å²) >= 11 is 0. The summed E-state index contributed by atoms with van der Waals surface area (Å²) in [5, 5.41) is 2.79. The molecule has 0 heterocycles. The molecule has 4 nitrogen and oxygen atoms in total. The topological polar surface area (TPSA) is 55.4 Å². The number of carbonyl (C=O) groups is 2. The lowest BCUT2D eigenvalue weighted by Gasteiger charge is -2.15. The first-order valence-electron chi connectivity index (χ1n) is 7.15. The molecule has 4 heteroatoms. The summed E-state index contributed by atoms with van der Waals surface area (Å²) in [4.78, 5) is 23.9. The van der Waals surface area contributed by atoms with E-state index in [0.29, 0.717) is 12.0 Å². The maximum atomic E-state index is 12.0. The van der Waals surface area contributed by atoms with E-state index in [1.165, 1.54) is 7.11 Å². The Hall–Kier alpha value is -2.62. The minimum absolute atomic E-state index is 0.192. The molecule has 2 rings (SSSR count). The van der Waals surface area contributed by atoms with Gasteiger partial charge < -0.3 is 10.1 Å². The number of amides is 1. The molecule has 0 aliphatic heterocycles. The van der Waals surface area contributed by atoms with Crippen LogP contribution in [0.1, 0.15) is 15.9 Å². The van der Waals surface area contributed by atoms with Crippen LogP contribution in [-0.4, -0.2) is 25.5 Å². The fourth-order valence-electron chi connectivity index (χ4n) is 2.21. The van der Waals surface area contributed by atoms with Gasteiger partial charge in [0.1, 0.15) is 0 Å².